The second-order valence-corrected chi connectivity index (χ2v) is 3.41. The van der Waals surface area contributed by atoms with Gasteiger partial charge in [0, 0.05) is 0 Å². The molecule has 0 spiro atoms. The molecule has 0 heterocycles. The Morgan fingerprint density at radius 1 is 1.29 bits per heavy atom. The Hall–Kier alpha value is -0.990. The lowest BCUT2D eigenvalue weighted by Gasteiger charge is -2.21. The average molecular weight is 230 g/mol. The van der Waals surface area contributed by atoms with Gasteiger partial charge in [0.15, 0.2) is 0 Å². The first kappa shape index (κ1) is 13.0. The highest BCUT2D eigenvalue weighted by Crippen LogP contribution is 2.41. The van der Waals surface area contributed by atoms with Crippen LogP contribution in [0.15, 0.2) is 0 Å². The highest BCUT2D eigenvalue weighted by Gasteiger charge is 2.45. The summed E-state index contributed by atoms with van der Waals surface area (Å²) in [4.78, 5) is 36.7. The molecule has 0 rings (SSSR count). The maximum atomic E-state index is 10.3. The summed E-state index contributed by atoms with van der Waals surface area (Å²) >= 11 is 0. The molecule has 0 saturated heterocycles. The lowest BCUT2D eigenvalue weighted by atomic mass is 10.2. The number of carboxylic acids is 2. The van der Waals surface area contributed by atoms with Crippen molar-refractivity contribution in [2.75, 3.05) is 0 Å². The molecule has 82 valence electrons. The third-order valence-corrected chi connectivity index (χ3v) is 1.53. The monoisotopic (exact) mass is 230 g/mol. The van der Waals surface area contributed by atoms with Crippen molar-refractivity contribution in [1.29, 1.82) is 0 Å². The van der Waals surface area contributed by atoms with E-state index in [-0.39, 0.29) is 0 Å². The van der Waals surface area contributed by atoms with E-state index in [1.807, 2.05) is 0 Å². The van der Waals surface area contributed by atoms with Gasteiger partial charge in [0.05, 0.1) is 0 Å². The van der Waals surface area contributed by atoms with Gasteiger partial charge < -0.3 is 25.1 Å². The third-order valence-electron chi connectivity index (χ3n) is 0.995. The molecule has 0 aliphatic heterocycles. The molecule has 0 aliphatic rings. The molecule has 10 heteroatoms. The van der Waals surface area contributed by atoms with Gasteiger partial charge in [-0.15, -0.1) is 0 Å². The van der Waals surface area contributed by atoms with Crippen molar-refractivity contribution in [3.05, 3.63) is 0 Å². The molecular formula is C4H7O9P. The van der Waals surface area contributed by atoms with Gasteiger partial charge in [-0.05, 0) is 0 Å². The topological polar surface area (TPSA) is 162 Å². The molecule has 1 unspecified atom stereocenters. The van der Waals surface area contributed by atoms with Gasteiger partial charge in [0.25, 0.3) is 5.79 Å². The number of phosphoric ester groups is 1. The molecule has 0 aromatic heterocycles. The molecule has 0 aromatic rings. The number of hydrogen-bond acceptors (Lipinski definition) is 5. The lowest BCUT2D eigenvalue weighted by Crippen LogP contribution is -2.42. The predicted octanol–water partition coefficient (Wildman–Crippen LogP) is -1.66. The summed E-state index contributed by atoms with van der Waals surface area (Å²) < 4.78 is 13.6. The molecule has 0 bridgehead atoms. The van der Waals surface area contributed by atoms with Crippen molar-refractivity contribution in [3.8, 4) is 0 Å². The molecule has 0 aromatic carbocycles. The molecule has 0 aliphatic carbocycles. The number of rotatable bonds is 5. The van der Waals surface area contributed by atoms with Crippen molar-refractivity contribution >= 4 is 19.8 Å². The summed E-state index contributed by atoms with van der Waals surface area (Å²) in [6.07, 6.45) is -1.49. The second kappa shape index (κ2) is 4.03. The number of aliphatic carboxylic acids is 2. The van der Waals surface area contributed by atoms with Crippen molar-refractivity contribution < 1.29 is 43.8 Å². The van der Waals surface area contributed by atoms with Crippen LogP contribution in [0, 0.1) is 0 Å². The molecule has 1 atom stereocenters. The fourth-order valence-corrected chi connectivity index (χ4v) is 1.08. The maximum absolute atomic E-state index is 10.3. The van der Waals surface area contributed by atoms with E-state index in [0.717, 1.165) is 0 Å². The van der Waals surface area contributed by atoms with E-state index in [4.69, 9.17) is 25.1 Å². The van der Waals surface area contributed by atoms with Crippen LogP contribution in [0.25, 0.3) is 0 Å². The van der Waals surface area contributed by atoms with E-state index in [2.05, 4.69) is 4.52 Å². The largest absolute Gasteiger partial charge is 0.481 e. The fraction of sp³-hybridized carbons (Fsp3) is 0.500. The Balaban J connectivity index is 4.83. The van der Waals surface area contributed by atoms with Crippen LogP contribution in [0.2, 0.25) is 0 Å². The van der Waals surface area contributed by atoms with Crippen molar-refractivity contribution in [1.82, 2.24) is 0 Å². The van der Waals surface area contributed by atoms with Gasteiger partial charge in [-0.2, -0.15) is 0 Å². The highest BCUT2D eigenvalue weighted by atomic mass is 31.2. The average Bonchev–Trinajstić information content (AvgIpc) is 1.79. The van der Waals surface area contributed by atoms with E-state index in [1.54, 1.807) is 0 Å². The first-order valence-corrected chi connectivity index (χ1v) is 4.54. The lowest BCUT2D eigenvalue weighted by molar-refractivity contribution is -0.203. The minimum Gasteiger partial charge on any atom is -0.481 e. The Morgan fingerprint density at radius 3 is 1.93 bits per heavy atom. The molecule has 9 nitrogen and oxygen atoms in total. The summed E-state index contributed by atoms with van der Waals surface area (Å²) in [5, 5.41) is 25.3. The Bertz CT molecular complexity index is 291. The second-order valence-electron chi connectivity index (χ2n) is 2.24. The van der Waals surface area contributed by atoms with Gasteiger partial charge in [0.1, 0.15) is 6.42 Å². The van der Waals surface area contributed by atoms with Gasteiger partial charge >= 0.3 is 19.8 Å². The van der Waals surface area contributed by atoms with Crippen LogP contribution in [-0.4, -0.2) is 42.8 Å². The third kappa shape index (κ3) is 4.30. The quantitative estimate of drug-likeness (QED) is 0.275. The number of aliphatic hydroxyl groups is 1. The van der Waals surface area contributed by atoms with Crippen molar-refractivity contribution in [2.24, 2.45) is 0 Å². The first-order chi connectivity index (χ1) is 6.07. The summed E-state index contributed by atoms with van der Waals surface area (Å²) in [6.45, 7) is 0. The zero-order valence-electron chi connectivity index (χ0n) is 6.52. The number of hydrogen-bond donors (Lipinski definition) is 5. The van der Waals surface area contributed by atoms with Crippen LogP contribution in [0.3, 0.4) is 0 Å². The summed E-state index contributed by atoms with van der Waals surface area (Å²) in [5.41, 5.74) is 0. The summed E-state index contributed by atoms with van der Waals surface area (Å²) in [7, 11) is -5.29. The summed E-state index contributed by atoms with van der Waals surface area (Å²) in [5.74, 6) is -7.43. The van der Waals surface area contributed by atoms with Crippen LogP contribution in [0.4, 0.5) is 0 Å². The van der Waals surface area contributed by atoms with E-state index >= 15 is 0 Å². The Labute approximate surface area is 76.8 Å². The van der Waals surface area contributed by atoms with Crippen molar-refractivity contribution in [3.63, 3.8) is 0 Å². The normalized spacial score (nSPS) is 15.9. The fourth-order valence-electron chi connectivity index (χ4n) is 0.549. The molecule has 0 fully saturated rings. The zero-order valence-corrected chi connectivity index (χ0v) is 7.42. The predicted molar refractivity (Wildman–Crippen MR) is 38.0 cm³/mol. The highest BCUT2D eigenvalue weighted by molar-refractivity contribution is 7.46. The number of carbonyl (C=O) groups is 2. The standard InChI is InChI=1S/C4H7O9P/c5-2(6)1-4(9,3(7)8)13-14(10,11)12/h9H,1H2,(H,5,6)(H,7,8)(H2,10,11,12). The molecule has 5 N–H and O–H groups in total. The Morgan fingerprint density at radius 2 is 1.71 bits per heavy atom. The molecule has 0 amide bonds. The van der Waals surface area contributed by atoms with Crippen molar-refractivity contribution in [2.45, 2.75) is 12.2 Å². The number of carboxylic acid groups (broad SMARTS) is 2. The van der Waals surface area contributed by atoms with Gasteiger partial charge in [-0.3, -0.25) is 4.79 Å². The molecule has 14 heavy (non-hydrogen) atoms. The molecular weight excluding hydrogens is 223 g/mol. The van der Waals surface area contributed by atoms with Crippen LogP contribution < -0.4 is 0 Å². The minimum atomic E-state index is -5.29. The SMILES string of the molecule is O=C(O)CC(O)(OP(=O)(O)O)C(=O)O. The van der Waals surface area contributed by atoms with E-state index < -0.39 is 32.0 Å². The van der Waals surface area contributed by atoms with E-state index in [0.29, 0.717) is 0 Å². The first-order valence-electron chi connectivity index (χ1n) is 3.01. The minimum absolute atomic E-state index is 1.49. The number of phosphoric acid groups is 1. The van der Waals surface area contributed by atoms with Gasteiger partial charge in [0.2, 0.25) is 0 Å². The maximum Gasteiger partial charge on any atom is 0.472 e. The Kier molecular flexibility index (Phi) is 3.74. The molecule has 0 saturated carbocycles. The van der Waals surface area contributed by atoms with Crippen LogP contribution in [0.1, 0.15) is 6.42 Å². The van der Waals surface area contributed by atoms with Crippen LogP contribution >= 0.6 is 7.82 Å². The van der Waals surface area contributed by atoms with E-state index in [9.17, 15) is 14.2 Å². The van der Waals surface area contributed by atoms with E-state index in [1.165, 1.54) is 0 Å². The summed E-state index contributed by atoms with van der Waals surface area (Å²) in [6, 6.07) is 0. The van der Waals surface area contributed by atoms with Crippen LogP contribution in [-0.2, 0) is 18.7 Å². The zero-order chi connectivity index (χ0) is 11.6. The molecule has 0 radical (unpaired) electrons. The smallest absolute Gasteiger partial charge is 0.472 e. The van der Waals surface area contributed by atoms with Gasteiger partial charge in [-0.1, -0.05) is 0 Å². The van der Waals surface area contributed by atoms with Crippen LogP contribution in [0.5, 0.6) is 0 Å². The van der Waals surface area contributed by atoms with Gasteiger partial charge in [-0.25, -0.2) is 13.9 Å².